The molecular weight excluding hydrogens is 384 g/mol. The van der Waals surface area contributed by atoms with Crippen LogP contribution in [0.3, 0.4) is 0 Å². The van der Waals surface area contributed by atoms with E-state index in [0.717, 1.165) is 11.8 Å². The van der Waals surface area contributed by atoms with Gasteiger partial charge in [-0.05, 0) is 30.7 Å². The highest BCUT2D eigenvalue weighted by Gasteiger charge is 2.37. The van der Waals surface area contributed by atoms with Gasteiger partial charge in [-0.25, -0.2) is 0 Å². The van der Waals surface area contributed by atoms with Gasteiger partial charge in [-0.1, -0.05) is 0 Å². The number of alkyl halides is 6. The molecule has 0 aliphatic rings. The fourth-order valence-corrected chi connectivity index (χ4v) is 2.89. The van der Waals surface area contributed by atoms with Gasteiger partial charge in [0.2, 0.25) is 11.9 Å². The van der Waals surface area contributed by atoms with Crippen molar-refractivity contribution < 1.29 is 26.3 Å². The summed E-state index contributed by atoms with van der Waals surface area (Å²) in [6.45, 7) is 1.48. The summed E-state index contributed by atoms with van der Waals surface area (Å²) < 4.78 is 77.5. The SMILES string of the molecule is C[C@H](SCc1nc(N)nc(N)n1)c1cc(C(F)(F)F)cc(C(F)(F)F)c1. The van der Waals surface area contributed by atoms with E-state index in [9.17, 15) is 26.3 Å². The lowest BCUT2D eigenvalue weighted by atomic mass is 10.0. The molecule has 0 spiro atoms. The number of anilines is 2. The Morgan fingerprint density at radius 2 is 1.35 bits per heavy atom. The molecule has 0 aliphatic heterocycles. The molecule has 2 rings (SSSR count). The van der Waals surface area contributed by atoms with Crippen LogP contribution in [0.2, 0.25) is 0 Å². The van der Waals surface area contributed by atoms with Crippen molar-refractivity contribution in [2.45, 2.75) is 30.3 Å². The number of benzene rings is 1. The minimum absolute atomic E-state index is 0.0791. The maximum Gasteiger partial charge on any atom is 0.416 e. The van der Waals surface area contributed by atoms with E-state index in [1.165, 1.54) is 6.92 Å². The van der Waals surface area contributed by atoms with Crippen LogP contribution in [0.1, 0.15) is 34.7 Å². The minimum Gasteiger partial charge on any atom is -0.368 e. The maximum atomic E-state index is 12.9. The number of hydrogen-bond acceptors (Lipinski definition) is 6. The summed E-state index contributed by atoms with van der Waals surface area (Å²) in [4.78, 5) is 11.2. The molecule has 0 radical (unpaired) electrons. The maximum absolute atomic E-state index is 12.9. The zero-order valence-electron chi connectivity index (χ0n) is 13.2. The molecule has 0 saturated heterocycles. The van der Waals surface area contributed by atoms with Crippen molar-refractivity contribution in [2.24, 2.45) is 0 Å². The number of thioether (sulfide) groups is 1. The van der Waals surface area contributed by atoms with E-state index in [2.05, 4.69) is 15.0 Å². The van der Waals surface area contributed by atoms with Crippen LogP contribution in [-0.2, 0) is 18.1 Å². The van der Waals surface area contributed by atoms with E-state index < -0.39 is 28.7 Å². The molecule has 5 nitrogen and oxygen atoms in total. The number of hydrogen-bond donors (Lipinski definition) is 2. The van der Waals surface area contributed by atoms with Gasteiger partial charge < -0.3 is 11.5 Å². The Balaban J connectivity index is 2.28. The van der Waals surface area contributed by atoms with Gasteiger partial charge in [0.25, 0.3) is 0 Å². The molecular formula is C14H13F6N5S. The predicted octanol–water partition coefficient (Wildman–Crippen LogP) is 4.07. The summed E-state index contributed by atoms with van der Waals surface area (Å²) in [5, 5.41) is -0.697. The first-order valence-electron chi connectivity index (χ1n) is 7.03. The van der Waals surface area contributed by atoms with E-state index >= 15 is 0 Å². The third kappa shape index (κ3) is 5.13. The second-order valence-electron chi connectivity index (χ2n) is 5.26. The molecule has 0 bridgehead atoms. The molecule has 0 saturated carbocycles. The fraction of sp³-hybridized carbons (Fsp3) is 0.357. The highest BCUT2D eigenvalue weighted by atomic mass is 32.2. The normalized spacial score (nSPS) is 13.7. The van der Waals surface area contributed by atoms with Gasteiger partial charge in [0, 0.05) is 5.25 Å². The Kier molecular flexibility index (Phi) is 5.54. The molecule has 0 unspecified atom stereocenters. The van der Waals surface area contributed by atoms with Crippen LogP contribution in [0.5, 0.6) is 0 Å². The zero-order valence-corrected chi connectivity index (χ0v) is 14.0. The van der Waals surface area contributed by atoms with Crippen LogP contribution < -0.4 is 11.5 Å². The van der Waals surface area contributed by atoms with Gasteiger partial charge in [-0.15, -0.1) is 11.8 Å². The second kappa shape index (κ2) is 7.17. The first-order valence-corrected chi connectivity index (χ1v) is 8.08. The van der Waals surface area contributed by atoms with Crippen molar-refractivity contribution in [1.82, 2.24) is 15.0 Å². The van der Waals surface area contributed by atoms with E-state index in [1.807, 2.05) is 0 Å². The molecule has 12 heteroatoms. The smallest absolute Gasteiger partial charge is 0.368 e. The number of nitrogens with two attached hydrogens (primary N) is 2. The van der Waals surface area contributed by atoms with E-state index in [-0.39, 0.29) is 35.1 Å². The van der Waals surface area contributed by atoms with Crippen molar-refractivity contribution in [3.8, 4) is 0 Å². The monoisotopic (exact) mass is 397 g/mol. The number of nitrogens with zero attached hydrogens (tertiary/aromatic N) is 3. The Bertz CT molecular complexity index is 740. The molecule has 1 heterocycles. The van der Waals surface area contributed by atoms with Crippen molar-refractivity contribution >= 4 is 23.7 Å². The van der Waals surface area contributed by atoms with E-state index in [4.69, 9.17) is 11.5 Å². The lowest BCUT2D eigenvalue weighted by Gasteiger charge is -2.17. The zero-order chi connectivity index (χ0) is 19.7. The molecule has 0 aliphatic carbocycles. The molecule has 0 fully saturated rings. The third-order valence-corrected chi connectivity index (χ3v) is 4.46. The van der Waals surface area contributed by atoms with Crippen LogP contribution in [0, 0.1) is 0 Å². The Labute approximate surface area is 148 Å². The number of rotatable bonds is 4. The summed E-state index contributed by atoms with van der Waals surface area (Å²) >= 11 is 1.04. The van der Waals surface area contributed by atoms with E-state index in [0.29, 0.717) is 12.1 Å². The standard InChI is InChI=1S/C14H13F6N5S/c1-6(26-5-10-23-11(21)25-12(22)24-10)7-2-8(13(15,16)17)4-9(3-7)14(18,19)20/h2-4,6H,5H2,1H3,(H4,21,22,23,24,25)/t6-/m0/s1. The van der Waals surface area contributed by atoms with Crippen LogP contribution >= 0.6 is 11.8 Å². The quantitative estimate of drug-likeness (QED) is 0.756. The van der Waals surface area contributed by atoms with Crippen LogP contribution in [0.4, 0.5) is 38.2 Å². The van der Waals surface area contributed by atoms with Crippen molar-refractivity contribution in [1.29, 1.82) is 0 Å². The molecule has 142 valence electrons. The second-order valence-corrected chi connectivity index (χ2v) is 6.59. The molecule has 1 aromatic heterocycles. The van der Waals surface area contributed by atoms with Gasteiger partial charge in [0.05, 0.1) is 16.9 Å². The van der Waals surface area contributed by atoms with Gasteiger partial charge in [0.1, 0.15) is 5.82 Å². The molecule has 0 amide bonds. The largest absolute Gasteiger partial charge is 0.416 e. The summed E-state index contributed by atoms with van der Waals surface area (Å²) in [6.07, 6.45) is -9.78. The van der Waals surface area contributed by atoms with Crippen LogP contribution in [-0.4, -0.2) is 15.0 Å². The highest BCUT2D eigenvalue weighted by Crippen LogP contribution is 2.40. The van der Waals surface area contributed by atoms with Gasteiger partial charge in [-0.2, -0.15) is 41.3 Å². The van der Waals surface area contributed by atoms with Gasteiger partial charge in [0.15, 0.2) is 0 Å². The van der Waals surface area contributed by atoms with Crippen LogP contribution in [0.15, 0.2) is 18.2 Å². The Morgan fingerprint density at radius 3 is 1.77 bits per heavy atom. The Hall–Kier alpha value is -2.24. The van der Waals surface area contributed by atoms with Crippen LogP contribution in [0.25, 0.3) is 0 Å². The third-order valence-electron chi connectivity index (χ3n) is 3.26. The number of nitrogen functional groups attached to an aromatic ring is 2. The molecule has 2 aromatic rings. The summed E-state index contributed by atoms with van der Waals surface area (Å²) in [5.41, 5.74) is 7.99. The summed E-state index contributed by atoms with van der Waals surface area (Å²) in [5.74, 6) is 0.00334. The Morgan fingerprint density at radius 1 is 0.885 bits per heavy atom. The molecule has 1 atom stereocenters. The minimum atomic E-state index is -4.89. The topological polar surface area (TPSA) is 90.7 Å². The summed E-state index contributed by atoms with van der Waals surface area (Å²) in [7, 11) is 0. The number of aromatic nitrogens is 3. The molecule has 4 N–H and O–H groups in total. The average Bonchev–Trinajstić information content (AvgIpc) is 2.49. The van der Waals surface area contributed by atoms with Crippen molar-refractivity contribution in [3.05, 3.63) is 40.7 Å². The fourth-order valence-electron chi connectivity index (χ4n) is 2.03. The van der Waals surface area contributed by atoms with Crippen molar-refractivity contribution in [2.75, 3.05) is 11.5 Å². The predicted molar refractivity (Wildman–Crippen MR) is 84.8 cm³/mol. The average molecular weight is 397 g/mol. The summed E-state index contributed by atoms with van der Waals surface area (Å²) in [6, 6.07) is 1.49. The first kappa shape index (κ1) is 20.1. The lowest BCUT2D eigenvalue weighted by Crippen LogP contribution is -2.12. The van der Waals surface area contributed by atoms with Gasteiger partial charge in [-0.3, -0.25) is 0 Å². The van der Waals surface area contributed by atoms with Gasteiger partial charge >= 0.3 is 12.4 Å². The van der Waals surface area contributed by atoms with E-state index in [1.54, 1.807) is 0 Å². The van der Waals surface area contributed by atoms with Crippen molar-refractivity contribution in [3.63, 3.8) is 0 Å². The molecule has 26 heavy (non-hydrogen) atoms. The molecule has 1 aromatic carbocycles. The number of halogens is 6. The lowest BCUT2D eigenvalue weighted by molar-refractivity contribution is -0.143. The highest BCUT2D eigenvalue weighted by molar-refractivity contribution is 7.98. The first-order chi connectivity index (χ1) is 11.9.